The maximum atomic E-state index is 10.3. The SMILES string of the molecule is CC(C)(O)c1ccc2c(c1)CCN(c1ccnc(NC3CCCCC3)n1)C2. The first-order valence-corrected chi connectivity index (χ1v) is 10.2. The quantitative estimate of drug-likeness (QED) is 0.856. The minimum atomic E-state index is -0.793. The smallest absolute Gasteiger partial charge is 0.224 e. The highest BCUT2D eigenvalue weighted by Gasteiger charge is 2.22. The molecule has 0 amide bonds. The third-order valence-electron chi connectivity index (χ3n) is 5.83. The van der Waals surface area contributed by atoms with Gasteiger partial charge in [0.15, 0.2) is 0 Å². The molecule has 0 atom stereocenters. The Morgan fingerprint density at radius 3 is 2.70 bits per heavy atom. The lowest BCUT2D eigenvalue weighted by Crippen LogP contribution is -2.32. The Bertz CT molecular complexity index is 793. The van der Waals surface area contributed by atoms with E-state index >= 15 is 0 Å². The van der Waals surface area contributed by atoms with Gasteiger partial charge in [0.05, 0.1) is 5.60 Å². The molecule has 1 aromatic carbocycles. The van der Waals surface area contributed by atoms with Crippen LogP contribution in [0.15, 0.2) is 30.5 Å². The van der Waals surface area contributed by atoms with Crippen molar-refractivity contribution in [1.29, 1.82) is 0 Å². The molecule has 1 aliphatic carbocycles. The van der Waals surface area contributed by atoms with E-state index in [1.54, 1.807) is 0 Å². The Hall–Kier alpha value is -2.14. The number of aromatic nitrogens is 2. The molecule has 0 radical (unpaired) electrons. The molecular weight excluding hydrogens is 336 g/mol. The summed E-state index contributed by atoms with van der Waals surface area (Å²) in [6, 6.07) is 8.86. The zero-order chi connectivity index (χ0) is 18.9. The monoisotopic (exact) mass is 366 g/mol. The van der Waals surface area contributed by atoms with E-state index in [9.17, 15) is 5.11 Å². The molecule has 5 nitrogen and oxygen atoms in total. The highest BCUT2D eigenvalue weighted by atomic mass is 16.3. The number of benzene rings is 1. The summed E-state index contributed by atoms with van der Waals surface area (Å²) < 4.78 is 0. The summed E-state index contributed by atoms with van der Waals surface area (Å²) in [5.74, 6) is 1.74. The van der Waals surface area contributed by atoms with Crippen LogP contribution in [0.4, 0.5) is 11.8 Å². The molecule has 1 aromatic heterocycles. The Kier molecular flexibility index (Phi) is 5.04. The summed E-state index contributed by atoms with van der Waals surface area (Å²) in [4.78, 5) is 11.5. The van der Waals surface area contributed by atoms with Crippen LogP contribution in [-0.2, 0) is 18.6 Å². The summed E-state index contributed by atoms with van der Waals surface area (Å²) in [7, 11) is 0. The Balaban J connectivity index is 1.48. The number of hydrogen-bond donors (Lipinski definition) is 2. The third kappa shape index (κ3) is 4.24. The second kappa shape index (κ2) is 7.47. The predicted molar refractivity (Wildman–Crippen MR) is 109 cm³/mol. The summed E-state index contributed by atoms with van der Waals surface area (Å²) in [6.45, 7) is 5.46. The van der Waals surface area contributed by atoms with Gasteiger partial charge in [0.25, 0.3) is 0 Å². The Labute approximate surface area is 161 Å². The molecule has 0 unspecified atom stereocenters. The third-order valence-corrected chi connectivity index (χ3v) is 5.83. The van der Waals surface area contributed by atoms with Crippen molar-refractivity contribution in [3.63, 3.8) is 0 Å². The van der Waals surface area contributed by atoms with Crippen LogP contribution >= 0.6 is 0 Å². The molecule has 0 bridgehead atoms. The molecule has 2 N–H and O–H groups in total. The van der Waals surface area contributed by atoms with Gasteiger partial charge in [-0.25, -0.2) is 4.98 Å². The van der Waals surface area contributed by atoms with Crippen LogP contribution in [0.2, 0.25) is 0 Å². The van der Waals surface area contributed by atoms with E-state index in [0.717, 1.165) is 36.8 Å². The number of rotatable bonds is 4. The maximum absolute atomic E-state index is 10.3. The van der Waals surface area contributed by atoms with Crippen molar-refractivity contribution < 1.29 is 5.11 Å². The molecule has 144 valence electrons. The summed E-state index contributed by atoms with van der Waals surface area (Å²) in [5.41, 5.74) is 2.84. The van der Waals surface area contributed by atoms with Gasteiger partial charge in [-0.15, -0.1) is 0 Å². The molecule has 2 aromatic rings. The van der Waals surface area contributed by atoms with Crippen molar-refractivity contribution in [2.24, 2.45) is 0 Å². The van der Waals surface area contributed by atoms with Gasteiger partial charge in [-0.1, -0.05) is 37.5 Å². The number of nitrogens with zero attached hydrogens (tertiary/aromatic N) is 3. The largest absolute Gasteiger partial charge is 0.386 e. The van der Waals surface area contributed by atoms with Gasteiger partial charge in [0.2, 0.25) is 5.95 Å². The lowest BCUT2D eigenvalue weighted by atomic mass is 9.91. The van der Waals surface area contributed by atoms with Crippen LogP contribution in [0.5, 0.6) is 0 Å². The number of aliphatic hydroxyl groups is 1. The molecule has 5 heteroatoms. The van der Waals surface area contributed by atoms with E-state index in [0.29, 0.717) is 6.04 Å². The van der Waals surface area contributed by atoms with Crippen LogP contribution in [0.25, 0.3) is 0 Å². The van der Waals surface area contributed by atoms with Crippen molar-refractivity contribution in [3.05, 3.63) is 47.2 Å². The number of fused-ring (bicyclic) bond motifs is 1. The summed E-state index contributed by atoms with van der Waals surface area (Å²) in [5, 5.41) is 13.8. The van der Waals surface area contributed by atoms with E-state index in [1.807, 2.05) is 32.2 Å². The average molecular weight is 367 g/mol. The van der Waals surface area contributed by atoms with Gasteiger partial charge in [0, 0.05) is 25.3 Å². The highest BCUT2D eigenvalue weighted by Crippen LogP contribution is 2.28. The van der Waals surface area contributed by atoms with Gasteiger partial charge in [-0.2, -0.15) is 4.98 Å². The maximum Gasteiger partial charge on any atom is 0.224 e. The Morgan fingerprint density at radius 2 is 1.93 bits per heavy atom. The minimum Gasteiger partial charge on any atom is -0.386 e. The summed E-state index contributed by atoms with van der Waals surface area (Å²) in [6.07, 6.45) is 9.21. The summed E-state index contributed by atoms with van der Waals surface area (Å²) >= 11 is 0. The highest BCUT2D eigenvalue weighted by molar-refractivity contribution is 5.47. The van der Waals surface area contributed by atoms with Crippen molar-refractivity contribution in [2.75, 3.05) is 16.8 Å². The van der Waals surface area contributed by atoms with Crippen LogP contribution in [0.3, 0.4) is 0 Å². The fourth-order valence-corrected chi connectivity index (χ4v) is 4.15. The van der Waals surface area contributed by atoms with Crippen LogP contribution in [0.1, 0.15) is 62.6 Å². The van der Waals surface area contributed by atoms with Gasteiger partial charge >= 0.3 is 0 Å². The van der Waals surface area contributed by atoms with Crippen LogP contribution < -0.4 is 10.2 Å². The number of nitrogens with one attached hydrogen (secondary N) is 1. The normalized spacial score (nSPS) is 18.3. The predicted octanol–water partition coefficient (Wildman–Crippen LogP) is 4.01. The number of hydrogen-bond acceptors (Lipinski definition) is 5. The van der Waals surface area contributed by atoms with Crippen molar-refractivity contribution in [2.45, 2.75) is 70.6 Å². The van der Waals surface area contributed by atoms with Gasteiger partial charge in [-0.05, 0) is 55.9 Å². The second-order valence-electron chi connectivity index (χ2n) is 8.43. The minimum absolute atomic E-state index is 0.510. The molecule has 0 saturated heterocycles. The van der Waals surface area contributed by atoms with E-state index in [1.165, 1.54) is 43.2 Å². The fourth-order valence-electron chi connectivity index (χ4n) is 4.15. The van der Waals surface area contributed by atoms with E-state index in [-0.39, 0.29) is 0 Å². The van der Waals surface area contributed by atoms with Gasteiger partial charge in [-0.3, -0.25) is 0 Å². The van der Waals surface area contributed by atoms with Crippen LogP contribution in [-0.4, -0.2) is 27.7 Å². The topological polar surface area (TPSA) is 61.3 Å². The molecule has 1 fully saturated rings. The van der Waals surface area contributed by atoms with E-state index in [2.05, 4.69) is 27.3 Å². The molecule has 2 aliphatic rings. The molecule has 1 saturated carbocycles. The first-order chi connectivity index (χ1) is 13.0. The van der Waals surface area contributed by atoms with Gasteiger partial charge < -0.3 is 15.3 Å². The Morgan fingerprint density at radius 1 is 1.11 bits per heavy atom. The van der Waals surface area contributed by atoms with E-state index in [4.69, 9.17) is 4.98 Å². The molecule has 2 heterocycles. The van der Waals surface area contributed by atoms with Crippen molar-refractivity contribution in [1.82, 2.24) is 9.97 Å². The molecule has 4 rings (SSSR count). The lowest BCUT2D eigenvalue weighted by Gasteiger charge is -2.31. The molecular formula is C22H30N4O. The van der Waals surface area contributed by atoms with Gasteiger partial charge in [0.1, 0.15) is 5.82 Å². The van der Waals surface area contributed by atoms with Crippen molar-refractivity contribution in [3.8, 4) is 0 Å². The first-order valence-electron chi connectivity index (χ1n) is 10.2. The second-order valence-corrected chi connectivity index (χ2v) is 8.43. The molecule has 1 aliphatic heterocycles. The molecule has 0 spiro atoms. The standard InChI is InChI=1S/C22H30N4O/c1-22(2,27)18-9-8-17-15-26(13-11-16(17)14-18)20-10-12-23-21(25-20)24-19-6-4-3-5-7-19/h8-10,12,14,19,27H,3-7,11,13,15H2,1-2H3,(H,23,24,25). The van der Waals surface area contributed by atoms with Crippen molar-refractivity contribution >= 4 is 11.8 Å². The van der Waals surface area contributed by atoms with E-state index < -0.39 is 5.60 Å². The lowest BCUT2D eigenvalue weighted by molar-refractivity contribution is 0.0785. The molecule has 27 heavy (non-hydrogen) atoms. The zero-order valence-electron chi connectivity index (χ0n) is 16.4. The number of anilines is 2. The zero-order valence-corrected chi connectivity index (χ0v) is 16.4. The first kappa shape index (κ1) is 18.2. The average Bonchev–Trinajstić information content (AvgIpc) is 2.67. The fraction of sp³-hybridized carbons (Fsp3) is 0.545. The van der Waals surface area contributed by atoms with Crippen LogP contribution in [0, 0.1) is 0 Å².